The Hall–Kier alpha value is -1.54. The summed E-state index contributed by atoms with van der Waals surface area (Å²) in [5.74, 6) is -0.0287. The fourth-order valence-electron chi connectivity index (χ4n) is 2.77. The van der Waals surface area contributed by atoms with Gasteiger partial charge in [-0.25, -0.2) is 4.79 Å². The molecule has 2 heterocycles. The summed E-state index contributed by atoms with van der Waals surface area (Å²) in [7, 11) is 0. The lowest BCUT2D eigenvalue weighted by Gasteiger charge is -2.34. The van der Waals surface area contributed by atoms with Crippen molar-refractivity contribution in [3.05, 3.63) is 32.8 Å². The van der Waals surface area contributed by atoms with Crippen molar-refractivity contribution < 1.29 is 14.3 Å². The molecule has 0 saturated carbocycles. The zero-order valence-corrected chi connectivity index (χ0v) is 16.3. The van der Waals surface area contributed by atoms with Gasteiger partial charge in [-0.3, -0.25) is 4.79 Å². The Morgan fingerprint density at radius 2 is 1.75 bits per heavy atom. The number of hydrogen-bond donors (Lipinski definition) is 1. The third kappa shape index (κ3) is 3.30. The van der Waals surface area contributed by atoms with Gasteiger partial charge in [0.1, 0.15) is 0 Å². The Labute approximate surface area is 156 Å². The minimum absolute atomic E-state index is 0.0287. The molecule has 0 radical (unpaired) electrons. The molecule has 1 aliphatic heterocycles. The quantitative estimate of drug-likeness (QED) is 0.747. The highest BCUT2D eigenvalue weighted by Crippen LogP contribution is 2.30. The number of H-pyrrole nitrogens is 1. The van der Waals surface area contributed by atoms with Crippen molar-refractivity contribution in [1.82, 2.24) is 14.8 Å². The predicted octanol–water partition coefficient (Wildman–Crippen LogP) is 3.61. The summed E-state index contributed by atoms with van der Waals surface area (Å²) in [6, 6.07) is 3.87. The number of aromatic nitrogens is 1. The number of carbonyl (C=O) groups excluding carboxylic acids is 2. The van der Waals surface area contributed by atoms with Gasteiger partial charge in [0.05, 0.1) is 12.2 Å². The molecular formula is C16H17Br2N3O3. The third-order valence-electron chi connectivity index (χ3n) is 4.05. The van der Waals surface area contributed by atoms with E-state index in [1.807, 2.05) is 12.1 Å². The molecule has 1 fully saturated rings. The Morgan fingerprint density at radius 1 is 1.12 bits per heavy atom. The molecule has 1 N–H and O–H groups in total. The first-order chi connectivity index (χ1) is 11.5. The molecule has 1 aliphatic rings. The highest BCUT2D eigenvalue weighted by molar-refractivity contribution is 9.13. The van der Waals surface area contributed by atoms with E-state index in [0.717, 1.165) is 19.8 Å². The molecule has 2 aromatic rings. The second kappa shape index (κ2) is 7.14. The van der Waals surface area contributed by atoms with Crippen LogP contribution in [0.5, 0.6) is 0 Å². The lowest BCUT2D eigenvalue weighted by Crippen LogP contribution is -2.50. The van der Waals surface area contributed by atoms with Crippen LogP contribution in [-0.2, 0) is 4.74 Å². The first-order valence-electron chi connectivity index (χ1n) is 7.68. The van der Waals surface area contributed by atoms with Gasteiger partial charge in [0.2, 0.25) is 0 Å². The number of rotatable bonds is 2. The molecule has 1 aromatic carbocycles. The van der Waals surface area contributed by atoms with Crippen molar-refractivity contribution in [1.29, 1.82) is 0 Å². The molecule has 3 rings (SSSR count). The van der Waals surface area contributed by atoms with E-state index in [9.17, 15) is 9.59 Å². The molecule has 0 bridgehead atoms. The van der Waals surface area contributed by atoms with Crippen molar-refractivity contribution >= 4 is 54.8 Å². The maximum absolute atomic E-state index is 12.8. The number of benzene rings is 1. The van der Waals surface area contributed by atoms with Gasteiger partial charge in [0.15, 0.2) is 0 Å². The number of nitrogens with zero attached hydrogens (tertiary/aromatic N) is 2. The fourth-order valence-corrected chi connectivity index (χ4v) is 3.46. The van der Waals surface area contributed by atoms with Gasteiger partial charge in [0.25, 0.3) is 5.91 Å². The number of halogens is 2. The van der Waals surface area contributed by atoms with Crippen molar-refractivity contribution in [2.45, 2.75) is 6.92 Å². The minimum Gasteiger partial charge on any atom is -0.450 e. The highest BCUT2D eigenvalue weighted by Gasteiger charge is 2.26. The van der Waals surface area contributed by atoms with Gasteiger partial charge >= 0.3 is 6.09 Å². The Bertz CT molecular complexity index is 782. The second-order valence-corrected chi connectivity index (χ2v) is 7.20. The topological polar surface area (TPSA) is 65.6 Å². The molecule has 0 aliphatic carbocycles. The summed E-state index contributed by atoms with van der Waals surface area (Å²) >= 11 is 6.94. The number of fused-ring (bicyclic) bond motifs is 1. The lowest BCUT2D eigenvalue weighted by atomic mass is 10.1. The lowest BCUT2D eigenvalue weighted by molar-refractivity contribution is 0.0572. The van der Waals surface area contributed by atoms with Gasteiger partial charge in [-0.15, -0.1) is 0 Å². The van der Waals surface area contributed by atoms with E-state index >= 15 is 0 Å². The van der Waals surface area contributed by atoms with E-state index in [-0.39, 0.29) is 12.0 Å². The Balaban J connectivity index is 1.74. The summed E-state index contributed by atoms with van der Waals surface area (Å²) < 4.78 is 6.83. The normalized spacial score (nSPS) is 15.0. The number of ether oxygens (including phenoxy) is 1. The number of aromatic amines is 1. The smallest absolute Gasteiger partial charge is 0.409 e. The Morgan fingerprint density at radius 3 is 2.42 bits per heavy atom. The van der Waals surface area contributed by atoms with E-state index in [0.29, 0.717) is 38.3 Å². The molecule has 128 valence electrons. The molecule has 2 amide bonds. The molecule has 6 nitrogen and oxygen atoms in total. The maximum atomic E-state index is 12.8. The average Bonchev–Trinajstić information content (AvgIpc) is 2.97. The number of piperazine rings is 1. The number of amides is 2. The van der Waals surface area contributed by atoms with Gasteiger partial charge in [-0.05, 0) is 50.9 Å². The largest absolute Gasteiger partial charge is 0.450 e. The first kappa shape index (κ1) is 17.3. The molecule has 0 unspecified atom stereocenters. The standard InChI is InChI=1S/C16H17Br2N3O3/c1-2-24-16(23)21-5-3-20(4-6-21)15(22)11-9-19-14-8-13(18)12(17)7-10(11)14/h7-9,19H,2-6H2,1H3. The van der Waals surface area contributed by atoms with E-state index in [1.54, 1.807) is 22.9 Å². The number of hydrogen-bond acceptors (Lipinski definition) is 3. The van der Waals surface area contributed by atoms with Crippen LogP contribution in [0.2, 0.25) is 0 Å². The SMILES string of the molecule is CCOC(=O)N1CCN(C(=O)c2c[nH]c3cc(Br)c(Br)cc23)CC1. The van der Waals surface area contributed by atoms with Crippen LogP contribution in [-0.4, -0.2) is 59.6 Å². The van der Waals surface area contributed by atoms with Gasteiger partial charge in [-0.1, -0.05) is 0 Å². The summed E-state index contributed by atoms with van der Waals surface area (Å²) in [6.07, 6.45) is 1.43. The summed E-state index contributed by atoms with van der Waals surface area (Å²) in [5, 5.41) is 0.878. The molecular weight excluding hydrogens is 442 g/mol. The zero-order valence-electron chi connectivity index (χ0n) is 13.1. The van der Waals surface area contributed by atoms with E-state index in [4.69, 9.17) is 4.74 Å². The van der Waals surface area contributed by atoms with Crippen LogP contribution in [0.15, 0.2) is 27.3 Å². The minimum atomic E-state index is -0.314. The van der Waals surface area contributed by atoms with Crippen LogP contribution in [0.4, 0.5) is 4.79 Å². The molecule has 1 aromatic heterocycles. The van der Waals surface area contributed by atoms with E-state index in [1.165, 1.54) is 0 Å². The molecule has 24 heavy (non-hydrogen) atoms. The van der Waals surface area contributed by atoms with Gasteiger partial charge < -0.3 is 19.5 Å². The summed E-state index contributed by atoms with van der Waals surface area (Å²) in [5.41, 5.74) is 1.54. The van der Waals surface area contributed by atoms with E-state index < -0.39 is 0 Å². The van der Waals surface area contributed by atoms with Crippen LogP contribution < -0.4 is 0 Å². The third-order valence-corrected chi connectivity index (χ3v) is 5.89. The van der Waals surface area contributed by atoms with Gasteiger partial charge in [-0.2, -0.15) is 0 Å². The Kier molecular flexibility index (Phi) is 5.15. The monoisotopic (exact) mass is 457 g/mol. The van der Waals surface area contributed by atoms with Crippen LogP contribution in [0, 0.1) is 0 Å². The van der Waals surface area contributed by atoms with E-state index in [2.05, 4.69) is 36.8 Å². The molecule has 0 spiro atoms. The van der Waals surface area contributed by atoms with Crippen molar-refractivity contribution in [3.8, 4) is 0 Å². The van der Waals surface area contributed by atoms with Crippen LogP contribution in [0.1, 0.15) is 17.3 Å². The first-order valence-corrected chi connectivity index (χ1v) is 9.27. The number of nitrogens with one attached hydrogen (secondary N) is 1. The maximum Gasteiger partial charge on any atom is 0.409 e. The fraction of sp³-hybridized carbons (Fsp3) is 0.375. The summed E-state index contributed by atoms with van der Waals surface area (Å²) in [4.78, 5) is 31.1. The van der Waals surface area contributed by atoms with Crippen molar-refractivity contribution in [2.24, 2.45) is 0 Å². The highest BCUT2D eigenvalue weighted by atomic mass is 79.9. The summed E-state index contributed by atoms with van der Waals surface area (Å²) in [6.45, 7) is 4.12. The van der Waals surface area contributed by atoms with Crippen LogP contribution in [0.3, 0.4) is 0 Å². The van der Waals surface area contributed by atoms with Crippen molar-refractivity contribution in [3.63, 3.8) is 0 Å². The second-order valence-electron chi connectivity index (χ2n) is 5.49. The van der Waals surface area contributed by atoms with Gasteiger partial charge in [0, 0.05) is 52.2 Å². The molecule has 1 saturated heterocycles. The average molecular weight is 459 g/mol. The predicted molar refractivity (Wildman–Crippen MR) is 98.2 cm³/mol. The molecule has 8 heteroatoms. The zero-order chi connectivity index (χ0) is 17.3. The van der Waals surface area contributed by atoms with Crippen LogP contribution in [0.25, 0.3) is 10.9 Å². The number of carbonyl (C=O) groups is 2. The van der Waals surface area contributed by atoms with Crippen LogP contribution >= 0.6 is 31.9 Å². The molecule has 0 atom stereocenters. The van der Waals surface area contributed by atoms with Crippen molar-refractivity contribution in [2.75, 3.05) is 32.8 Å².